The first-order valence-electron chi connectivity index (χ1n) is 11.0. The summed E-state index contributed by atoms with van der Waals surface area (Å²) >= 11 is 0. The topological polar surface area (TPSA) is 141 Å². The normalized spacial score (nSPS) is 14.6. The van der Waals surface area contributed by atoms with Crippen molar-refractivity contribution in [1.29, 1.82) is 0 Å². The highest BCUT2D eigenvalue weighted by atomic mass is 32.2. The molecule has 10 nitrogen and oxygen atoms in total. The minimum absolute atomic E-state index is 0.0627. The van der Waals surface area contributed by atoms with E-state index >= 15 is 0 Å². The number of likely N-dealkylation sites (tertiary alicyclic amines) is 1. The summed E-state index contributed by atoms with van der Waals surface area (Å²) in [7, 11) is -2.30. The number of carbonyl (C=O) groups is 2. The van der Waals surface area contributed by atoms with Crippen LogP contribution in [0.1, 0.15) is 30.1 Å². The van der Waals surface area contributed by atoms with Crippen LogP contribution in [0.25, 0.3) is 10.9 Å². The zero-order valence-corrected chi connectivity index (χ0v) is 20.2. The zero-order chi connectivity index (χ0) is 25.2. The van der Waals surface area contributed by atoms with Gasteiger partial charge in [-0.2, -0.15) is 4.89 Å². The molecule has 0 atom stereocenters. The number of fused-ring (bicyclic) bond motifs is 1. The van der Waals surface area contributed by atoms with Gasteiger partial charge in [0, 0.05) is 43.4 Å². The van der Waals surface area contributed by atoms with E-state index in [1.54, 1.807) is 35.2 Å². The lowest BCUT2D eigenvalue weighted by atomic mass is 10.1. The van der Waals surface area contributed by atoms with Crippen molar-refractivity contribution in [1.82, 2.24) is 9.88 Å². The Bertz CT molecular complexity index is 1380. The van der Waals surface area contributed by atoms with Crippen molar-refractivity contribution in [3.05, 3.63) is 54.2 Å². The maximum atomic E-state index is 13.4. The van der Waals surface area contributed by atoms with E-state index in [1.807, 2.05) is 0 Å². The van der Waals surface area contributed by atoms with Crippen molar-refractivity contribution >= 4 is 43.9 Å². The molecule has 0 aliphatic carbocycles. The van der Waals surface area contributed by atoms with Crippen LogP contribution in [-0.2, 0) is 19.5 Å². The molecule has 1 aliphatic heterocycles. The predicted octanol–water partition coefficient (Wildman–Crippen LogP) is 2.80. The number of hydrogen-bond acceptors (Lipinski definition) is 8. The van der Waals surface area contributed by atoms with E-state index in [2.05, 4.69) is 10.3 Å². The number of piperidine rings is 1. The van der Waals surface area contributed by atoms with Crippen molar-refractivity contribution in [3.8, 4) is 5.75 Å². The van der Waals surface area contributed by atoms with Crippen LogP contribution in [0.3, 0.4) is 0 Å². The molecule has 184 valence electrons. The number of benzene rings is 2. The third-order valence-corrected chi connectivity index (χ3v) is 8.30. The highest BCUT2D eigenvalue weighted by Gasteiger charge is 2.32. The lowest BCUT2D eigenvalue weighted by Gasteiger charge is -2.31. The molecule has 3 aromatic rings. The van der Waals surface area contributed by atoms with Gasteiger partial charge in [-0.3, -0.25) is 14.6 Å². The molecule has 0 bridgehead atoms. The third-order valence-electron chi connectivity index (χ3n) is 6.04. The van der Waals surface area contributed by atoms with Crippen LogP contribution in [0.2, 0.25) is 0 Å². The fourth-order valence-electron chi connectivity index (χ4n) is 4.21. The molecule has 3 N–H and O–H groups in total. The number of hydrogen-bond donors (Lipinski definition) is 2. The lowest BCUT2D eigenvalue weighted by Crippen LogP contribution is -2.41. The highest BCUT2D eigenvalue weighted by molar-refractivity contribution is 7.92. The molecule has 11 heteroatoms. The second-order valence-corrected chi connectivity index (χ2v) is 10.5. The second-order valence-electron chi connectivity index (χ2n) is 8.24. The summed E-state index contributed by atoms with van der Waals surface area (Å²) in [5, 5.41) is 2.98. The molecule has 0 radical (unpaired) electrons. The van der Waals surface area contributed by atoms with E-state index < -0.39 is 21.0 Å². The fraction of sp³-hybridized carbons (Fsp3) is 0.292. The molecule has 0 saturated carbocycles. The van der Waals surface area contributed by atoms with Gasteiger partial charge in [0.1, 0.15) is 0 Å². The Hall–Kier alpha value is -3.70. The van der Waals surface area contributed by atoms with E-state index in [0.717, 1.165) is 0 Å². The molecule has 0 unspecified atom stereocenters. The van der Waals surface area contributed by atoms with Gasteiger partial charge in [-0.05, 0) is 43.2 Å². The van der Waals surface area contributed by atoms with E-state index in [4.69, 9.17) is 15.5 Å². The Morgan fingerprint density at radius 1 is 1.14 bits per heavy atom. The van der Waals surface area contributed by atoms with Crippen molar-refractivity contribution < 1.29 is 27.8 Å². The largest absolute Gasteiger partial charge is 0.365 e. The number of nitrogens with one attached hydrogen (secondary N) is 1. The monoisotopic (exact) mass is 498 g/mol. The van der Waals surface area contributed by atoms with E-state index in [9.17, 15) is 18.0 Å². The first kappa shape index (κ1) is 24.4. The molecule has 4 rings (SSSR count). The summed E-state index contributed by atoms with van der Waals surface area (Å²) < 4.78 is 26.9. The molecular formula is C24H26N4O6S. The Kier molecular flexibility index (Phi) is 6.90. The molecular weight excluding hydrogens is 472 g/mol. The summed E-state index contributed by atoms with van der Waals surface area (Å²) in [6.07, 6.45) is 2.07. The van der Waals surface area contributed by atoms with Gasteiger partial charge in [-0.1, -0.05) is 6.07 Å². The number of amides is 2. The van der Waals surface area contributed by atoms with Gasteiger partial charge < -0.3 is 20.8 Å². The Morgan fingerprint density at radius 3 is 2.54 bits per heavy atom. The number of aromatic nitrogens is 1. The van der Waals surface area contributed by atoms with Gasteiger partial charge in [-0.25, -0.2) is 8.42 Å². The van der Waals surface area contributed by atoms with Crippen LogP contribution in [0, 0.1) is 0 Å². The van der Waals surface area contributed by atoms with Gasteiger partial charge in [-0.15, -0.1) is 0 Å². The average Bonchev–Trinajstić information content (AvgIpc) is 2.84. The maximum absolute atomic E-state index is 13.4. The number of sulfone groups is 1. The van der Waals surface area contributed by atoms with Gasteiger partial charge >= 0.3 is 0 Å². The summed E-state index contributed by atoms with van der Waals surface area (Å²) in [6, 6.07) is 11.5. The van der Waals surface area contributed by atoms with E-state index in [-0.39, 0.29) is 16.4 Å². The molecule has 1 fully saturated rings. The van der Waals surface area contributed by atoms with Gasteiger partial charge in [0.2, 0.25) is 5.91 Å². The summed E-state index contributed by atoms with van der Waals surface area (Å²) in [5.41, 5.74) is 7.11. The second kappa shape index (κ2) is 9.88. The summed E-state index contributed by atoms with van der Waals surface area (Å²) in [4.78, 5) is 39.6. The molecule has 2 heterocycles. The van der Waals surface area contributed by atoms with Crippen molar-refractivity contribution in [2.75, 3.05) is 25.5 Å². The molecule has 35 heavy (non-hydrogen) atoms. The van der Waals surface area contributed by atoms with Gasteiger partial charge in [0.05, 0.1) is 34.0 Å². The number of nitrogens with two attached hydrogens (primary N) is 1. The van der Waals surface area contributed by atoms with Crippen molar-refractivity contribution in [2.45, 2.75) is 29.9 Å². The Morgan fingerprint density at radius 2 is 1.89 bits per heavy atom. The lowest BCUT2D eigenvalue weighted by molar-refractivity contribution is -0.178. The standard InChI is InChI=1S/C24H26N4O6S/c1-15(29)28-10-8-18(9-11-28)35(31,32)19-6-7-22-20(13-19)23(21(14-26-22)24(25)30)27-16-4-3-5-17(12-16)34-33-2/h3-7,12-14,18H,8-11H2,1-2H3,(H2,25,30)(H,26,27). The van der Waals surface area contributed by atoms with Gasteiger partial charge in [0.25, 0.3) is 5.91 Å². The number of pyridine rings is 1. The summed E-state index contributed by atoms with van der Waals surface area (Å²) in [5.74, 6) is -0.347. The first-order chi connectivity index (χ1) is 16.7. The van der Waals surface area contributed by atoms with E-state index in [1.165, 1.54) is 32.4 Å². The van der Waals surface area contributed by atoms with Crippen LogP contribution in [-0.4, -0.2) is 55.6 Å². The van der Waals surface area contributed by atoms with Gasteiger partial charge in [0.15, 0.2) is 15.6 Å². The van der Waals surface area contributed by atoms with Crippen LogP contribution >= 0.6 is 0 Å². The maximum Gasteiger partial charge on any atom is 0.252 e. The molecule has 2 aromatic carbocycles. The van der Waals surface area contributed by atoms with Crippen LogP contribution in [0.5, 0.6) is 5.75 Å². The quantitative estimate of drug-likeness (QED) is 0.374. The molecule has 1 saturated heterocycles. The Balaban J connectivity index is 1.75. The number of nitrogens with zero attached hydrogens (tertiary/aromatic N) is 2. The smallest absolute Gasteiger partial charge is 0.252 e. The number of carbonyl (C=O) groups excluding carboxylic acids is 2. The SMILES string of the molecule is COOc1cccc(Nc2c(C(N)=O)cnc3ccc(S(=O)(=O)C4CCN(C(C)=O)CC4)cc23)c1. The van der Waals surface area contributed by atoms with E-state index in [0.29, 0.717) is 54.0 Å². The van der Waals surface area contributed by atoms with Crippen molar-refractivity contribution in [3.63, 3.8) is 0 Å². The van der Waals surface area contributed by atoms with Crippen LogP contribution < -0.4 is 15.9 Å². The minimum Gasteiger partial charge on any atom is -0.365 e. The van der Waals surface area contributed by atoms with Crippen LogP contribution in [0.15, 0.2) is 53.6 Å². The predicted molar refractivity (Wildman–Crippen MR) is 130 cm³/mol. The average molecular weight is 499 g/mol. The zero-order valence-electron chi connectivity index (χ0n) is 19.4. The van der Waals surface area contributed by atoms with Crippen molar-refractivity contribution in [2.24, 2.45) is 5.73 Å². The number of anilines is 2. The third kappa shape index (κ3) is 5.05. The molecule has 1 aromatic heterocycles. The minimum atomic E-state index is -3.69. The molecule has 0 spiro atoms. The highest BCUT2D eigenvalue weighted by Crippen LogP contribution is 2.33. The summed E-state index contributed by atoms with van der Waals surface area (Å²) in [6.45, 7) is 2.27. The fourth-order valence-corrected chi connectivity index (χ4v) is 5.97. The number of rotatable bonds is 7. The molecule has 2 amide bonds. The Labute approximate surface area is 202 Å². The van der Waals surface area contributed by atoms with Crippen LogP contribution in [0.4, 0.5) is 11.4 Å². The first-order valence-corrected chi connectivity index (χ1v) is 12.5. The number of primary amides is 1. The molecule has 1 aliphatic rings.